The van der Waals surface area contributed by atoms with Gasteiger partial charge in [0.1, 0.15) is 0 Å². The predicted molar refractivity (Wildman–Crippen MR) is 69.2 cm³/mol. The van der Waals surface area contributed by atoms with Crippen LogP contribution in [0.2, 0.25) is 0 Å². The van der Waals surface area contributed by atoms with E-state index in [1.165, 1.54) is 0 Å². The van der Waals surface area contributed by atoms with Crippen LogP contribution in [0.25, 0.3) is 0 Å². The molecule has 1 heterocycles. The van der Waals surface area contributed by atoms with E-state index in [9.17, 15) is 4.79 Å². The molecule has 0 radical (unpaired) electrons. The summed E-state index contributed by atoms with van der Waals surface area (Å²) in [4.78, 5) is 13.9. The molecule has 1 fully saturated rings. The van der Waals surface area contributed by atoms with Crippen LogP contribution < -0.4 is 10.6 Å². The number of carbonyl (C=O) groups is 1. The molecule has 1 aliphatic heterocycles. The number of anilines is 1. The van der Waals surface area contributed by atoms with Crippen LogP contribution in [0.3, 0.4) is 0 Å². The average Bonchev–Trinajstić information content (AvgIpc) is 2.40. The van der Waals surface area contributed by atoms with Gasteiger partial charge < -0.3 is 15.5 Å². The lowest BCUT2D eigenvalue weighted by atomic mass is 10.2. The Kier molecular flexibility index (Phi) is 3.80. The van der Waals surface area contributed by atoms with Crippen molar-refractivity contribution in [3.05, 3.63) is 29.8 Å². The number of amides is 2. The number of hydrogen-bond donors (Lipinski definition) is 2. The molecule has 0 aromatic heterocycles. The van der Waals surface area contributed by atoms with Gasteiger partial charge in [-0.25, -0.2) is 4.79 Å². The Morgan fingerprint density at radius 2 is 2.22 bits per heavy atom. The van der Waals surface area contributed by atoms with Gasteiger partial charge >= 0.3 is 6.03 Å². The SMILES string of the molecule is CC1CNCCN1C(=O)Nc1ccc(C#N)cc1. The van der Waals surface area contributed by atoms with Crippen molar-refractivity contribution in [1.29, 1.82) is 5.26 Å². The van der Waals surface area contributed by atoms with E-state index < -0.39 is 0 Å². The van der Waals surface area contributed by atoms with Gasteiger partial charge in [0, 0.05) is 31.4 Å². The average molecular weight is 244 g/mol. The summed E-state index contributed by atoms with van der Waals surface area (Å²) in [5, 5.41) is 14.8. The zero-order valence-corrected chi connectivity index (χ0v) is 10.3. The summed E-state index contributed by atoms with van der Waals surface area (Å²) in [6.07, 6.45) is 0. The van der Waals surface area contributed by atoms with Gasteiger partial charge in [0.05, 0.1) is 11.6 Å². The molecule has 0 aliphatic carbocycles. The molecule has 18 heavy (non-hydrogen) atoms. The topological polar surface area (TPSA) is 68.2 Å². The first-order valence-corrected chi connectivity index (χ1v) is 5.99. The third kappa shape index (κ3) is 2.79. The minimum absolute atomic E-state index is 0.0892. The fourth-order valence-corrected chi connectivity index (χ4v) is 1.97. The van der Waals surface area contributed by atoms with E-state index in [0.717, 1.165) is 13.1 Å². The molecule has 1 aromatic carbocycles. The van der Waals surface area contributed by atoms with Crippen LogP contribution in [0.1, 0.15) is 12.5 Å². The lowest BCUT2D eigenvalue weighted by Gasteiger charge is -2.33. The third-order valence-corrected chi connectivity index (χ3v) is 3.03. The molecule has 1 atom stereocenters. The van der Waals surface area contributed by atoms with Gasteiger partial charge in [-0.3, -0.25) is 0 Å². The summed E-state index contributed by atoms with van der Waals surface area (Å²) in [7, 11) is 0. The molecule has 0 bridgehead atoms. The largest absolute Gasteiger partial charge is 0.322 e. The second-order valence-corrected chi connectivity index (χ2v) is 4.37. The molecule has 1 aliphatic rings. The Morgan fingerprint density at radius 1 is 1.50 bits per heavy atom. The van der Waals surface area contributed by atoms with Crippen LogP contribution in [0, 0.1) is 11.3 Å². The Morgan fingerprint density at radius 3 is 2.83 bits per heavy atom. The maximum atomic E-state index is 12.1. The number of carbonyl (C=O) groups excluding carboxylic acids is 1. The summed E-state index contributed by atoms with van der Waals surface area (Å²) in [5.41, 5.74) is 1.30. The van der Waals surface area contributed by atoms with E-state index in [4.69, 9.17) is 5.26 Å². The fraction of sp³-hybridized carbons (Fsp3) is 0.385. The Balaban J connectivity index is 1.99. The molecule has 1 aromatic rings. The van der Waals surface area contributed by atoms with Gasteiger partial charge in [-0.15, -0.1) is 0 Å². The van der Waals surface area contributed by atoms with E-state index in [1.807, 2.05) is 17.9 Å². The standard InChI is InChI=1S/C13H16N4O/c1-10-9-15-6-7-17(10)13(18)16-12-4-2-11(8-14)3-5-12/h2-5,10,15H,6-7,9H2,1H3,(H,16,18). The summed E-state index contributed by atoms with van der Waals surface area (Å²) >= 11 is 0. The van der Waals surface area contributed by atoms with E-state index in [2.05, 4.69) is 10.6 Å². The van der Waals surface area contributed by atoms with Gasteiger partial charge in [0.15, 0.2) is 0 Å². The Bertz CT molecular complexity index is 463. The number of nitrogens with zero attached hydrogens (tertiary/aromatic N) is 2. The Hall–Kier alpha value is -2.06. The van der Waals surface area contributed by atoms with Crippen molar-refractivity contribution < 1.29 is 4.79 Å². The lowest BCUT2D eigenvalue weighted by molar-refractivity contribution is 0.177. The minimum Gasteiger partial charge on any atom is -0.319 e. The first-order valence-electron chi connectivity index (χ1n) is 5.99. The van der Waals surface area contributed by atoms with E-state index in [-0.39, 0.29) is 12.1 Å². The molecular formula is C13H16N4O. The van der Waals surface area contributed by atoms with Crippen LogP contribution in [-0.4, -0.2) is 36.6 Å². The summed E-state index contributed by atoms with van der Waals surface area (Å²) < 4.78 is 0. The highest BCUT2D eigenvalue weighted by atomic mass is 16.2. The van der Waals surface area contributed by atoms with Gasteiger partial charge in [0.25, 0.3) is 0 Å². The highest BCUT2D eigenvalue weighted by Gasteiger charge is 2.22. The molecule has 5 nitrogen and oxygen atoms in total. The fourth-order valence-electron chi connectivity index (χ4n) is 1.97. The lowest BCUT2D eigenvalue weighted by Crippen LogP contribution is -2.53. The van der Waals surface area contributed by atoms with Gasteiger partial charge in [-0.1, -0.05) is 0 Å². The van der Waals surface area contributed by atoms with Crippen molar-refractivity contribution in [2.24, 2.45) is 0 Å². The molecule has 1 unspecified atom stereocenters. The summed E-state index contributed by atoms with van der Waals surface area (Å²) in [5.74, 6) is 0. The molecule has 0 saturated carbocycles. The number of benzene rings is 1. The van der Waals surface area contributed by atoms with E-state index >= 15 is 0 Å². The molecule has 2 N–H and O–H groups in total. The zero-order valence-electron chi connectivity index (χ0n) is 10.3. The molecule has 1 saturated heterocycles. The van der Waals surface area contributed by atoms with Crippen molar-refractivity contribution >= 4 is 11.7 Å². The van der Waals surface area contributed by atoms with Crippen LogP contribution in [0.5, 0.6) is 0 Å². The minimum atomic E-state index is -0.0892. The van der Waals surface area contributed by atoms with Gasteiger partial charge in [0.2, 0.25) is 0 Å². The number of nitrogens with one attached hydrogen (secondary N) is 2. The van der Waals surface area contributed by atoms with E-state index in [0.29, 0.717) is 17.8 Å². The first kappa shape index (κ1) is 12.4. The molecule has 94 valence electrons. The van der Waals surface area contributed by atoms with Crippen molar-refractivity contribution in [2.75, 3.05) is 25.0 Å². The maximum Gasteiger partial charge on any atom is 0.322 e. The van der Waals surface area contributed by atoms with E-state index in [1.54, 1.807) is 24.3 Å². The van der Waals surface area contributed by atoms with Gasteiger partial charge in [-0.2, -0.15) is 5.26 Å². The molecular weight excluding hydrogens is 228 g/mol. The molecule has 2 rings (SSSR count). The number of hydrogen-bond acceptors (Lipinski definition) is 3. The van der Waals surface area contributed by atoms with Crippen LogP contribution in [0.15, 0.2) is 24.3 Å². The van der Waals surface area contributed by atoms with Crippen LogP contribution in [-0.2, 0) is 0 Å². The molecule has 2 amide bonds. The highest BCUT2D eigenvalue weighted by molar-refractivity contribution is 5.89. The predicted octanol–water partition coefficient (Wildman–Crippen LogP) is 1.38. The highest BCUT2D eigenvalue weighted by Crippen LogP contribution is 2.11. The van der Waals surface area contributed by atoms with Crippen molar-refractivity contribution in [3.63, 3.8) is 0 Å². The monoisotopic (exact) mass is 244 g/mol. The number of rotatable bonds is 1. The second-order valence-electron chi connectivity index (χ2n) is 4.37. The third-order valence-electron chi connectivity index (χ3n) is 3.03. The van der Waals surface area contributed by atoms with Crippen molar-refractivity contribution in [1.82, 2.24) is 10.2 Å². The zero-order chi connectivity index (χ0) is 13.0. The van der Waals surface area contributed by atoms with Gasteiger partial charge in [-0.05, 0) is 31.2 Å². The van der Waals surface area contributed by atoms with Crippen LogP contribution in [0.4, 0.5) is 10.5 Å². The van der Waals surface area contributed by atoms with Crippen molar-refractivity contribution in [2.45, 2.75) is 13.0 Å². The summed E-state index contributed by atoms with van der Waals surface area (Å²) in [6, 6.07) is 9.01. The van der Waals surface area contributed by atoms with Crippen molar-refractivity contribution in [3.8, 4) is 6.07 Å². The quantitative estimate of drug-likeness (QED) is 0.784. The summed E-state index contributed by atoms with van der Waals surface area (Å²) in [6.45, 7) is 4.37. The Labute approximate surface area is 106 Å². The normalized spacial score (nSPS) is 19.1. The smallest absolute Gasteiger partial charge is 0.319 e. The number of piperazine rings is 1. The second kappa shape index (κ2) is 5.52. The first-order chi connectivity index (χ1) is 8.70. The number of urea groups is 1. The molecule has 5 heteroatoms. The van der Waals surface area contributed by atoms with Crippen LogP contribution >= 0.6 is 0 Å². The molecule has 0 spiro atoms. The number of nitriles is 1. The maximum absolute atomic E-state index is 12.1.